The zero-order valence-corrected chi connectivity index (χ0v) is 24.4. The number of rotatable bonds is 9. The molecule has 0 spiro atoms. The van der Waals surface area contributed by atoms with Crippen molar-refractivity contribution in [3.8, 4) is 5.75 Å². The van der Waals surface area contributed by atoms with Crippen molar-refractivity contribution in [2.75, 3.05) is 31.0 Å². The van der Waals surface area contributed by atoms with Crippen LogP contribution in [0.1, 0.15) is 48.8 Å². The Morgan fingerprint density at radius 2 is 1.71 bits per heavy atom. The van der Waals surface area contributed by atoms with Crippen molar-refractivity contribution < 1.29 is 23.3 Å². The van der Waals surface area contributed by atoms with E-state index in [1.165, 1.54) is 18.1 Å². The highest BCUT2D eigenvalue weighted by molar-refractivity contribution is 7.86. The predicted octanol–water partition coefficient (Wildman–Crippen LogP) is 4.56. The number of fused-ring (bicyclic) bond motifs is 2. The first kappa shape index (κ1) is 28.8. The Labute approximate surface area is 244 Å². The van der Waals surface area contributed by atoms with Gasteiger partial charge < -0.3 is 19.7 Å². The van der Waals surface area contributed by atoms with E-state index >= 15 is 0 Å². The second kappa shape index (κ2) is 13.3. The minimum atomic E-state index is -1.59. The van der Waals surface area contributed by atoms with Crippen LogP contribution in [0.25, 0.3) is 0 Å². The molecule has 3 aromatic rings. The van der Waals surface area contributed by atoms with Gasteiger partial charge in [0, 0.05) is 39.4 Å². The van der Waals surface area contributed by atoms with Gasteiger partial charge in [-0.25, -0.2) is 8.51 Å². The lowest BCUT2D eigenvalue weighted by Gasteiger charge is -2.30. The molecular formula is C32H37N3O5S. The molecule has 0 radical (unpaired) electrons. The molecule has 0 aromatic heterocycles. The average Bonchev–Trinajstić information content (AvgIpc) is 3.10. The number of ether oxygens (including phenoxy) is 2. The van der Waals surface area contributed by atoms with Gasteiger partial charge in [-0.1, -0.05) is 42.5 Å². The number of carbonyl (C=O) groups excluding carboxylic acids is 2. The first-order valence-electron chi connectivity index (χ1n) is 14.1. The van der Waals surface area contributed by atoms with Crippen molar-refractivity contribution in [1.82, 2.24) is 10.2 Å². The third-order valence-electron chi connectivity index (χ3n) is 7.77. The van der Waals surface area contributed by atoms with Gasteiger partial charge in [-0.3, -0.25) is 9.59 Å². The van der Waals surface area contributed by atoms with Gasteiger partial charge >= 0.3 is 5.97 Å². The van der Waals surface area contributed by atoms with E-state index in [9.17, 15) is 13.8 Å². The van der Waals surface area contributed by atoms with Crippen molar-refractivity contribution in [1.29, 1.82) is 0 Å². The summed E-state index contributed by atoms with van der Waals surface area (Å²) in [5.74, 6) is 0.426. The molecule has 1 amide bonds. The Hall–Kier alpha value is -3.69. The van der Waals surface area contributed by atoms with Crippen molar-refractivity contribution in [2.24, 2.45) is 0 Å². The van der Waals surface area contributed by atoms with Crippen molar-refractivity contribution >= 4 is 28.5 Å². The average molecular weight is 576 g/mol. The van der Waals surface area contributed by atoms with Gasteiger partial charge in [-0.05, 0) is 72.3 Å². The van der Waals surface area contributed by atoms with E-state index in [0.29, 0.717) is 48.8 Å². The van der Waals surface area contributed by atoms with Crippen LogP contribution < -0.4 is 14.4 Å². The van der Waals surface area contributed by atoms with E-state index in [2.05, 4.69) is 23.5 Å². The van der Waals surface area contributed by atoms with E-state index in [1.807, 2.05) is 47.4 Å². The molecule has 2 aliphatic heterocycles. The molecular weight excluding hydrogens is 538 g/mol. The van der Waals surface area contributed by atoms with Gasteiger partial charge in [-0.15, -0.1) is 0 Å². The second-order valence-electron chi connectivity index (χ2n) is 10.4. The monoisotopic (exact) mass is 575 g/mol. The number of methoxy groups -OCH3 is 1. The molecule has 0 saturated heterocycles. The van der Waals surface area contributed by atoms with Gasteiger partial charge in [0.25, 0.3) is 0 Å². The molecule has 1 N–H and O–H groups in total. The summed E-state index contributed by atoms with van der Waals surface area (Å²) >= 11 is 0. The van der Waals surface area contributed by atoms with E-state index in [1.54, 1.807) is 23.5 Å². The molecule has 3 atom stereocenters. The summed E-state index contributed by atoms with van der Waals surface area (Å²) < 4.78 is 26.7. The summed E-state index contributed by atoms with van der Waals surface area (Å²) in [6, 6.07) is 23.3. The summed E-state index contributed by atoms with van der Waals surface area (Å²) in [6.45, 7) is 4.07. The number of nitrogens with zero attached hydrogens (tertiary/aromatic N) is 2. The first-order chi connectivity index (χ1) is 19.9. The summed E-state index contributed by atoms with van der Waals surface area (Å²) in [6.07, 6.45) is 1.86. The summed E-state index contributed by atoms with van der Waals surface area (Å²) in [7, 11) is 0.00934. The Bertz CT molecular complexity index is 1400. The molecule has 0 bridgehead atoms. The molecule has 216 valence electrons. The van der Waals surface area contributed by atoms with E-state index in [-0.39, 0.29) is 11.8 Å². The molecule has 9 heteroatoms. The van der Waals surface area contributed by atoms with Crippen molar-refractivity contribution in [3.05, 3.63) is 89.5 Å². The van der Waals surface area contributed by atoms with Crippen LogP contribution in [0.3, 0.4) is 0 Å². The van der Waals surface area contributed by atoms with Crippen LogP contribution in [0.15, 0.2) is 77.7 Å². The van der Waals surface area contributed by atoms with Crippen LogP contribution in [0, 0.1) is 0 Å². The van der Waals surface area contributed by atoms with Gasteiger partial charge in [0.05, 0.1) is 17.7 Å². The number of nitrogens with one attached hydrogen (secondary N) is 1. The molecule has 0 fully saturated rings. The molecule has 5 rings (SSSR count). The van der Waals surface area contributed by atoms with Crippen LogP contribution in [-0.4, -0.2) is 54.0 Å². The third-order valence-corrected chi connectivity index (χ3v) is 9.32. The Morgan fingerprint density at radius 3 is 2.46 bits per heavy atom. The van der Waals surface area contributed by atoms with Crippen LogP contribution >= 0.6 is 0 Å². The maximum absolute atomic E-state index is 14.0. The normalized spacial score (nSPS) is 20.0. The van der Waals surface area contributed by atoms with Crippen molar-refractivity contribution in [3.63, 3.8) is 0 Å². The minimum absolute atomic E-state index is 0.00421. The number of hydrogen-bond donors (Lipinski definition) is 1. The molecule has 2 aliphatic rings. The fraction of sp³-hybridized carbons (Fsp3) is 0.375. The van der Waals surface area contributed by atoms with Crippen LogP contribution in [0.2, 0.25) is 0 Å². The largest absolute Gasteiger partial charge is 0.497 e. The lowest BCUT2D eigenvalue weighted by atomic mass is 9.91. The highest BCUT2D eigenvalue weighted by Gasteiger charge is 2.36. The maximum atomic E-state index is 14.0. The Morgan fingerprint density at radius 1 is 0.976 bits per heavy atom. The summed E-state index contributed by atoms with van der Waals surface area (Å²) in [5.41, 5.74) is 4.24. The SMILES string of the molecule is COc1ccc(N2C(OC(C)=O)CC(CCNCCC(=O)N3CCc4ccccc4C3)c3ccccc3S2=O)cc1. The second-order valence-corrected chi connectivity index (χ2v) is 11.8. The van der Waals surface area contributed by atoms with E-state index in [4.69, 9.17) is 9.47 Å². The van der Waals surface area contributed by atoms with Crippen LogP contribution in [0.5, 0.6) is 5.75 Å². The molecule has 0 saturated carbocycles. The van der Waals surface area contributed by atoms with Gasteiger partial charge in [0.15, 0.2) is 17.2 Å². The smallest absolute Gasteiger partial charge is 0.304 e. The van der Waals surface area contributed by atoms with Crippen molar-refractivity contribution in [2.45, 2.75) is 56.2 Å². The molecule has 3 unspecified atom stereocenters. The van der Waals surface area contributed by atoms with Gasteiger partial charge in [0.2, 0.25) is 5.91 Å². The predicted molar refractivity (Wildman–Crippen MR) is 159 cm³/mol. The number of esters is 1. The van der Waals surface area contributed by atoms with Gasteiger partial charge in [0.1, 0.15) is 5.75 Å². The Balaban J connectivity index is 1.24. The minimum Gasteiger partial charge on any atom is -0.497 e. The zero-order valence-electron chi connectivity index (χ0n) is 23.6. The lowest BCUT2D eigenvalue weighted by molar-refractivity contribution is -0.146. The molecule has 8 nitrogen and oxygen atoms in total. The maximum Gasteiger partial charge on any atom is 0.304 e. The topological polar surface area (TPSA) is 88.2 Å². The lowest BCUT2D eigenvalue weighted by Crippen LogP contribution is -2.39. The summed E-state index contributed by atoms with van der Waals surface area (Å²) in [4.78, 5) is 27.7. The number of carbonyl (C=O) groups is 2. The number of hydrogen-bond acceptors (Lipinski definition) is 6. The van der Waals surface area contributed by atoms with Gasteiger partial charge in [-0.2, -0.15) is 0 Å². The Kier molecular flexibility index (Phi) is 9.36. The highest BCUT2D eigenvalue weighted by atomic mass is 32.2. The number of anilines is 1. The molecule has 3 aromatic carbocycles. The molecule has 41 heavy (non-hydrogen) atoms. The number of benzene rings is 3. The standard InChI is InChI=1S/C32H37N3O5S/c1-23(36)40-32-21-25(15-18-33-19-16-31(37)34-20-17-24-7-3-4-8-26(24)22-34)29-9-5-6-10-30(29)41(38)35(32)27-11-13-28(39-2)14-12-27/h3-14,25,32-33H,15-22H2,1-2H3. The first-order valence-corrected chi connectivity index (χ1v) is 15.2. The molecule has 0 aliphatic carbocycles. The third kappa shape index (κ3) is 6.80. The molecule has 2 heterocycles. The van der Waals surface area contributed by atoms with E-state index < -0.39 is 23.2 Å². The quantitative estimate of drug-likeness (QED) is 0.298. The zero-order chi connectivity index (χ0) is 28.8. The fourth-order valence-corrected chi connectivity index (χ4v) is 7.17. The van der Waals surface area contributed by atoms with E-state index in [0.717, 1.165) is 24.9 Å². The van der Waals surface area contributed by atoms with Crippen LogP contribution in [-0.2, 0) is 38.3 Å². The van der Waals surface area contributed by atoms with Crippen LogP contribution in [0.4, 0.5) is 5.69 Å². The fourth-order valence-electron chi connectivity index (χ4n) is 5.67. The summed E-state index contributed by atoms with van der Waals surface area (Å²) in [5, 5.41) is 3.44. The highest BCUT2D eigenvalue weighted by Crippen LogP contribution is 2.39. The number of amides is 1.